The van der Waals surface area contributed by atoms with Crippen molar-refractivity contribution in [3.63, 3.8) is 0 Å². The third kappa shape index (κ3) is 2.24. The van der Waals surface area contributed by atoms with Crippen molar-refractivity contribution in [1.29, 1.82) is 0 Å². The van der Waals surface area contributed by atoms with Crippen molar-refractivity contribution < 1.29 is 13.2 Å². The van der Waals surface area contributed by atoms with E-state index in [9.17, 15) is 13.2 Å². The number of sulfone groups is 1. The lowest BCUT2D eigenvalue weighted by Crippen LogP contribution is -2.44. The summed E-state index contributed by atoms with van der Waals surface area (Å²) in [7, 11) is -2.97. The molecule has 1 saturated heterocycles. The Labute approximate surface area is 105 Å². The number of aromatic nitrogens is 3. The third-order valence-corrected chi connectivity index (χ3v) is 4.90. The lowest BCUT2D eigenvalue weighted by Gasteiger charge is -2.25. The Bertz CT molecular complexity index is 562. The number of nitrogens with one attached hydrogen (secondary N) is 1. The summed E-state index contributed by atoms with van der Waals surface area (Å²) in [6, 6.07) is 0. The second-order valence-electron chi connectivity index (χ2n) is 4.76. The molecule has 0 aromatic carbocycles. The van der Waals surface area contributed by atoms with Gasteiger partial charge in [0.1, 0.15) is 5.82 Å². The van der Waals surface area contributed by atoms with Crippen LogP contribution in [-0.2, 0) is 9.84 Å². The number of carbonyl (C=O) groups excluding carboxylic acids is 1. The Morgan fingerprint density at radius 3 is 2.56 bits per heavy atom. The number of amides is 1. The summed E-state index contributed by atoms with van der Waals surface area (Å²) < 4.78 is 22.6. The second kappa shape index (κ2) is 4.04. The van der Waals surface area contributed by atoms with Gasteiger partial charge in [-0.1, -0.05) is 0 Å². The van der Waals surface area contributed by atoms with E-state index in [4.69, 9.17) is 0 Å². The van der Waals surface area contributed by atoms with Gasteiger partial charge in [0.15, 0.2) is 9.84 Å². The maximum atomic E-state index is 12.1. The average Bonchev–Trinajstić information content (AvgIpc) is 3.06. The van der Waals surface area contributed by atoms with E-state index in [-0.39, 0.29) is 36.3 Å². The highest BCUT2D eigenvalue weighted by atomic mass is 32.2. The van der Waals surface area contributed by atoms with Crippen molar-refractivity contribution in [2.45, 2.75) is 18.8 Å². The van der Waals surface area contributed by atoms with E-state index >= 15 is 0 Å². The SMILES string of the molecule is O=C(c1n[nH]c(C2CC2)n1)N1CCS(=O)(=O)CC1. The Morgan fingerprint density at radius 2 is 1.94 bits per heavy atom. The van der Waals surface area contributed by atoms with Gasteiger partial charge in [-0.05, 0) is 12.8 Å². The van der Waals surface area contributed by atoms with Crippen molar-refractivity contribution in [2.24, 2.45) is 0 Å². The third-order valence-electron chi connectivity index (χ3n) is 3.29. The lowest BCUT2D eigenvalue weighted by molar-refractivity contribution is 0.0758. The number of hydrogen-bond donors (Lipinski definition) is 1. The van der Waals surface area contributed by atoms with Gasteiger partial charge < -0.3 is 4.90 Å². The number of rotatable bonds is 2. The fourth-order valence-corrected chi connectivity index (χ4v) is 3.17. The molecule has 2 heterocycles. The van der Waals surface area contributed by atoms with Gasteiger partial charge in [-0.15, -0.1) is 5.10 Å². The van der Waals surface area contributed by atoms with Gasteiger partial charge in [0.05, 0.1) is 11.5 Å². The molecule has 2 aliphatic rings. The summed E-state index contributed by atoms with van der Waals surface area (Å²) in [5.74, 6) is 1.10. The van der Waals surface area contributed by atoms with Crippen LogP contribution in [0.5, 0.6) is 0 Å². The largest absolute Gasteiger partial charge is 0.334 e. The molecule has 1 aromatic rings. The molecule has 0 atom stereocenters. The highest BCUT2D eigenvalue weighted by Crippen LogP contribution is 2.37. The molecule has 1 aromatic heterocycles. The van der Waals surface area contributed by atoms with Gasteiger partial charge in [-0.2, -0.15) is 0 Å². The predicted octanol–water partition coefficient (Wildman–Crippen LogP) is -0.447. The first-order chi connectivity index (χ1) is 8.55. The minimum atomic E-state index is -2.97. The molecule has 2 fully saturated rings. The monoisotopic (exact) mass is 270 g/mol. The van der Waals surface area contributed by atoms with E-state index in [0.717, 1.165) is 18.7 Å². The maximum Gasteiger partial charge on any atom is 0.293 e. The molecule has 0 bridgehead atoms. The van der Waals surface area contributed by atoms with Gasteiger partial charge in [0.2, 0.25) is 5.82 Å². The Kier molecular flexibility index (Phi) is 2.61. The fourth-order valence-electron chi connectivity index (χ4n) is 1.97. The van der Waals surface area contributed by atoms with E-state index in [1.807, 2.05) is 0 Å². The van der Waals surface area contributed by atoms with Crippen LogP contribution in [-0.4, -0.2) is 59.0 Å². The molecule has 0 spiro atoms. The first-order valence-electron chi connectivity index (χ1n) is 5.97. The first kappa shape index (κ1) is 11.6. The summed E-state index contributed by atoms with van der Waals surface area (Å²) in [5.41, 5.74) is 0. The molecule has 18 heavy (non-hydrogen) atoms. The molecule has 1 saturated carbocycles. The van der Waals surface area contributed by atoms with E-state index in [1.54, 1.807) is 0 Å². The quantitative estimate of drug-likeness (QED) is 0.785. The Hall–Kier alpha value is -1.44. The molecule has 3 rings (SSSR count). The maximum absolute atomic E-state index is 12.1. The molecular weight excluding hydrogens is 256 g/mol. The van der Waals surface area contributed by atoms with Crippen molar-refractivity contribution in [2.75, 3.05) is 24.6 Å². The lowest BCUT2D eigenvalue weighted by atomic mass is 10.4. The normalized spacial score (nSPS) is 23.0. The summed E-state index contributed by atoms with van der Waals surface area (Å²) in [6.07, 6.45) is 2.18. The van der Waals surface area contributed by atoms with Crippen LogP contribution in [0, 0.1) is 0 Å². The van der Waals surface area contributed by atoms with Crippen LogP contribution < -0.4 is 0 Å². The summed E-state index contributed by atoms with van der Waals surface area (Å²) in [5, 5.41) is 6.69. The highest BCUT2D eigenvalue weighted by molar-refractivity contribution is 7.91. The van der Waals surface area contributed by atoms with Crippen LogP contribution in [0.15, 0.2) is 0 Å². The molecule has 1 amide bonds. The number of hydrogen-bond acceptors (Lipinski definition) is 5. The highest BCUT2D eigenvalue weighted by Gasteiger charge is 2.31. The van der Waals surface area contributed by atoms with Crippen molar-refractivity contribution in [3.05, 3.63) is 11.6 Å². The molecule has 7 nitrogen and oxygen atoms in total. The molecule has 0 radical (unpaired) electrons. The van der Waals surface area contributed by atoms with Crippen LogP contribution in [0.25, 0.3) is 0 Å². The molecular formula is C10H14N4O3S. The first-order valence-corrected chi connectivity index (χ1v) is 7.79. The van der Waals surface area contributed by atoms with Crippen LogP contribution in [0.1, 0.15) is 35.2 Å². The zero-order valence-corrected chi connectivity index (χ0v) is 10.6. The van der Waals surface area contributed by atoms with Gasteiger partial charge in [-0.3, -0.25) is 9.89 Å². The van der Waals surface area contributed by atoms with Gasteiger partial charge in [-0.25, -0.2) is 13.4 Å². The Morgan fingerprint density at radius 1 is 1.28 bits per heavy atom. The van der Waals surface area contributed by atoms with E-state index in [0.29, 0.717) is 5.92 Å². The summed E-state index contributed by atoms with van der Waals surface area (Å²) in [4.78, 5) is 17.7. The number of aromatic amines is 1. The van der Waals surface area contributed by atoms with Crippen molar-refractivity contribution in [3.8, 4) is 0 Å². The van der Waals surface area contributed by atoms with Crippen molar-refractivity contribution >= 4 is 15.7 Å². The topological polar surface area (TPSA) is 96.0 Å². The zero-order valence-electron chi connectivity index (χ0n) is 9.79. The van der Waals surface area contributed by atoms with Crippen LogP contribution in [0.3, 0.4) is 0 Å². The molecule has 98 valence electrons. The Balaban J connectivity index is 1.70. The van der Waals surface area contributed by atoms with E-state index in [2.05, 4.69) is 15.2 Å². The zero-order chi connectivity index (χ0) is 12.8. The number of H-pyrrole nitrogens is 1. The molecule has 1 aliphatic carbocycles. The van der Waals surface area contributed by atoms with Gasteiger partial charge >= 0.3 is 0 Å². The smallest absolute Gasteiger partial charge is 0.293 e. The summed E-state index contributed by atoms with van der Waals surface area (Å²) in [6.45, 7) is 0.461. The molecule has 1 N–H and O–H groups in total. The van der Waals surface area contributed by atoms with Crippen LogP contribution >= 0.6 is 0 Å². The van der Waals surface area contributed by atoms with Gasteiger partial charge in [0, 0.05) is 19.0 Å². The van der Waals surface area contributed by atoms with Gasteiger partial charge in [0.25, 0.3) is 5.91 Å². The van der Waals surface area contributed by atoms with Crippen molar-refractivity contribution in [1.82, 2.24) is 20.1 Å². The van der Waals surface area contributed by atoms with Crippen LogP contribution in [0.2, 0.25) is 0 Å². The molecule has 0 unspecified atom stereocenters. The average molecular weight is 270 g/mol. The summed E-state index contributed by atoms with van der Waals surface area (Å²) >= 11 is 0. The predicted molar refractivity (Wildman–Crippen MR) is 62.9 cm³/mol. The second-order valence-corrected chi connectivity index (χ2v) is 7.07. The fraction of sp³-hybridized carbons (Fsp3) is 0.700. The van der Waals surface area contributed by atoms with E-state index < -0.39 is 9.84 Å². The number of nitrogens with zero attached hydrogens (tertiary/aromatic N) is 3. The molecule has 8 heteroatoms. The van der Waals surface area contributed by atoms with E-state index in [1.165, 1.54) is 4.90 Å². The minimum absolute atomic E-state index is 0.0264. The van der Waals surface area contributed by atoms with Crippen LogP contribution in [0.4, 0.5) is 0 Å². The standard InChI is InChI=1S/C10H14N4O3S/c15-10(14-3-5-18(16,17)6-4-14)9-11-8(12-13-9)7-1-2-7/h7H,1-6H2,(H,11,12,13). The number of carbonyl (C=O) groups is 1. The molecule has 1 aliphatic heterocycles. The minimum Gasteiger partial charge on any atom is -0.334 e.